The zero-order valence-corrected chi connectivity index (χ0v) is 10.3. The molecule has 1 unspecified atom stereocenters. The smallest absolute Gasteiger partial charge is 0.383 e. The van der Waals surface area contributed by atoms with Crippen molar-refractivity contribution < 1.29 is 31.4 Å². The number of aliphatic hydroxyl groups excluding tert-OH is 1. The number of aliphatic hydroxyl groups is 1. The summed E-state index contributed by atoms with van der Waals surface area (Å²) < 4.78 is 78.6. The van der Waals surface area contributed by atoms with Gasteiger partial charge in [0.15, 0.2) is 0 Å². The van der Waals surface area contributed by atoms with Crippen molar-refractivity contribution in [1.82, 2.24) is 0 Å². The normalized spacial score (nSPS) is 13.3. The van der Waals surface area contributed by atoms with E-state index in [1.807, 2.05) is 0 Å². The molecule has 1 N–H and O–H groups in total. The minimum absolute atomic E-state index is 0.164. The molecule has 0 aliphatic carbocycles. The SMILES string of the molecule is OC(c1ccc(F)cc1C(F)(F)F)c1c(F)cccc1F. The van der Waals surface area contributed by atoms with Crippen LogP contribution in [0.3, 0.4) is 0 Å². The fourth-order valence-electron chi connectivity index (χ4n) is 1.94. The number of benzene rings is 2. The molecule has 0 bridgehead atoms. The zero-order chi connectivity index (χ0) is 15.8. The molecule has 0 heterocycles. The van der Waals surface area contributed by atoms with Crippen molar-refractivity contribution in [3.63, 3.8) is 0 Å². The van der Waals surface area contributed by atoms with E-state index in [0.717, 1.165) is 18.2 Å². The third-order valence-electron chi connectivity index (χ3n) is 2.89. The number of hydrogen-bond donors (Lipinski definition) is 1. The highest BCUT2D eigenvalue weighted by atomic mass is 19.4. The molecule has 21 heavy (non-hydrogen) atoms. The van der Waals surface area contributed by atoms with Crippen LogP contribution in [0.25, 0.3) is 0 Å². The lowest BCUT2D eigenvalue weighted by Crippen LogP contribution is -2.15. The minimum atomic E-state index is -4.97. The highest BCUT2D eigenvalue weighted by Crippen LogP contribution is 2.38. The lowest BCUT2D eigenvalue weighted by molar-refractivity contribution is -0.139. The number of rotatable bonds is 2. The lowest BCUT2D eigenvalue weighted by Gasteiger charge is -2.18. The van der Waals surface area contributed by atoms with Gasteiger partial charge in [-0.2, -0.15) is 13.2 Å². The molecule has 7 heteroatoms. The van der Waals surface area contributed by atoms with Gasteiger partial charge in [-0.1, -0.05) is 12.1 Å². The monoisotopic (exact) mass is 306 g/mol. The van der Waals surface area contributed by atoms with E-state index in [2.05, 4.69) is 0 Å². The molecule has 0 amide bonds. The summed E-state index contributed by atoms with van der Waals surface area (Å²) in [5.41, 5.74) is -3.24. The average molecular weight is 306 g/mol. The van der Waals surface area contributed by atoms with Crippen molar-refractivity contribution in [2.75, 3.05) is 0 Å². The lowest BCUT2D eigenvalue weighted by atomic mass is 9.95. The highest BCUT2D eigenvalue weighted by Gasteiger charge is 2.36. The van der Waals surface area contributed by atoms with Gasteiger partial charge in [0.25, 0.3) is 0 Å². The van der Waals surface area contributed by atoms with Gasteiger partial charge in [0, 0.05) is 0 Å². The third kappa shape index (κ3) is 3.02. The van der Waals surface area contributed by atoms with Crippen LogP contribution in [0.2, 0.25) is 0 Å². The molecule has 0 saturated heterocycles. The summed E-state index contributed by atoms with van der Waals surface area (Å²) >= 11 is 0. The van der Waals surface area contributed by atoms with Crippen molar-refractivity contribution in [3.8, 4) is 0 Å². The molecule has 0 aromatic heterocycles. The van der Waals surface area contributed by atoms with E-state index < -0.39 is 46.4 Å². The fraction of sp³-hybridized carbons (Fsp3) is 0.143. The van der Waals surface area contributed by atoms with Gasteiger partial charge in [0.05, 0.1) is 11.1 Å². The molecule has 0 fully saturated rings. The maximum atomic E-state index is 13.5. The largest absolute Gasteiger partial charge is 0.416 e. The number of hydrogen-bond acceptors (Lipinski definition) is 1. The molecule has 0 saturated carbocycles. The summed E-state index contributed by atoms with van der Waals surface area (Å²) in [6, 6.07) is 4.10. The van der Waals surface area contributed by atoms with Gasteiger partial charge in [0.1, 0.15) is 23.6 Å². The summed E-state index contributed by atoms with van der Waals surface area (Å²) in [5, 5.41) is 9.89. The van der Waals surface area contributed by atoms with Crippen LogP contribution in [0.4, 0.5) is 26.3 Å². The van der Waals surface area contributed by atoms with Crippen LogP contribution in [0.15, 0.2) is 36.4 Å². The summed E-state index contributed by atoms with van der Waals surface area (Å²) in [7, 11) is 0. The standard InChI is InChI=1S/C14H8F6O/c15-7-4-5-8(9(6-7)14(18,19)20)13(21)12-10(16)2-1-3-11(12)17/h1-6,13,21H. The first kappa shape index (κ1) is 15.4. The second kappa shape index (κ2) is 5.40. The highest BCUT2D eigenvalue weighted by molar-refractivity contribution is 5.38. The fourth-order valence-corrected chi connectivity index (χ4v) is 1.94. The van der Waals surface area contributed by atoms with Crippen molar-refractivity contribution in [1.29, 1.82) is 0 Å². The Hall–Kier alpha value is -2.02. The van der Waals surface area contributed by atoms with Crippen molar-refractivity contribution in [2.45, 2.75) is 12.3 Å². The number of halogens is 6. The summed E-state index contributed by atoms with van der Waals surface area (Å²) in [5.74, 6) is -3.56. The van der Waals surface area contributed by atoms with Gasteiger partial charge in [-0.05, 0) is 29.8 Å². The van der Waals surface area contributed by atoms with Crippen LogP contribution >= 0.6 is 0 Å². The molecular weight excluding hydrogens is 298 g/mol. The molecule has 112 valence electrons. The Morgan fingerprint density at radius 3 is 2.00 bits per heavy atom. The van der Waals surface area contributed by atoms with Gasteiger partial charge >= 0.3 is 6.18 Å². The predicted molar refractivity (Wildman–Crippen MR) is 61.8 cm³/mol. The molecule has 2 aromatic rings. The maximum Gasteiger partial charge on any atom is 0.416 e. The molecule has 0 aliphatic heterocycles. The van der Waals surface area contributed by atoms with E-state index in [4.69, 9.17) is 0 Å². The van der Waals surface area contributed by atoms with Gasteiger partial charge < -0.3 is 5.11 Å². The van der Waals surface area contributed by atoms with E-state index in [1.165, 1.54) is 0 Å². The Bertz CT molecular complexity index is 645. The molecule has 0 spiro atoms. The Morgan fingerprint density at radius 1 is 0.905 bits per heavy atom. The van der Waals surface area contributed by atoms with Crippen molar-refractivity contribution in [2.24, 2.45) is 0 Å². The first-order valence-corrected chi connectivity index (χ1v) is 5.70. The first-order valence-electron chi connectivity index (χ1n) is 5.70. The summed E-state index contributed by atoms with van der Waals surface area (Å²) in [6.07, 6.45) is -7.18. The molecule has 2 aromatic carbocycles. The predicted octanol–water partition coefficient (Wildman–Crippen LogP) is 4.20. The molecule has 1 nitrogen and oxygen atoms in total. The Kier molecular flexibility index (Phi) is 3.95. The van der Waals surface area contributed by atoms with Crippen LogP contribution < -0.4 is 0 Å². The van der Waals surface area contributed by atoms with Gasteiger partial charge in [0.2, 0.25) is 0 Å². The first-order chi connectivity index (χ1) is 9.71. The van der Waals surface area contributed by atoms with E-state index in [-0.39, 0.29) is 6.07 Å². The zero-order valence-electron chi connectivity index (χ0n) is 10.3. The van der Waals surface area contributed by atoms with E-state index in [9.17, 15) is 31.4 Å². The van der Waals surface area contributed by atoms with Crippen LogP contribution in [0.1, 0.15) is 22.8 Å². The number of alkyl halides is 3. The summed E-state index contributed by atoms with van der Waals surface area (Å²) in [6.45, 7) is 0. The average Bonchev–Trinajstić information content (AvgIpc) is 2.37. The van der Waals surface area contributed by atoms with E-state index in [1.54, 1.807) is 0 Å². The molecule has 0 aliphatic rings. The van der Waals surface area contributed by atoms with E-state index >= 15 is 0 Å². The molecule has 1 atom stereocenters. The van der Waals surface area contributed by atoms with Crippen molar-refractivity contribution in [3.05, 3.63) is 70.5 Å². The summed E-state index contributed by atoms with van der Waals surface area (Å²) in [4.78, 5) is 0. The Labute approximate surface area is 115 Å². The minimum Gasteiger partial charge on any atom is -0.383 e. The molecular formula is C14H8F6O. The topological polar surface area (TPSA) is 20.2 Å². The quantitative estimate of drug-likeness (QED) is 0.824. The van der Waals surface area contributed by atoms with Gasteiger partial charge in [-0.25, -0.2) is 13.2 Å². The molecule has 2 rings (SSSR count). The van der Waals surface area contributed by atoms with Crippen molar-refractivity contribution >= 4 is 0 Å². The van der Waals surface area contributed by atoms with Crippen LogP contribution in [-0.2, 0) is 6.18 Å². The van der Waals surface area contributed by atoms with Crippen LogP contribution in [0.5, 0.6) is 0 Å². The van der Waals surface area contributed by atoms with Crippen LogP contribution in [0, 0.1) is 17.5 Å². The molecule has 0 radical (unpaired) electrons. The van der Waals surface area contributed by atoms with E-state index in [0.29, 0.717) is 12.1 Å². The Balaban J connectivity index is 2.62. The Morgan fingerprint density at radius 2 is 1.48 bits per heavy atom. The second-order valence-corrected chi connectivity index (χ2v) is 4.27. The van der Waals surface area contributed by atoms with Gasteiger partial charge in [-0.15, -0.1) is 0 Å². The second-order valence-electron chi connectivity index (χ2n) is 4.27. The third-order valence-corrected chi connectivity index (χ3v) is 2.89. The maximum absolute atomic E-state index is 13.5. The van der Waals surface area contributed by atoms with Gasteiger partial charge in [-0.3, -0.25) is 0 Å². The van der Waals surface area contributed by atoms with Crippen LogP contribution in [-0.4, -0.2) is 5.11 Å².